The fourth-order valence-electron chi connectivity index (χ4n) is 3.31. The molecule has 0 amide bonds. The summed E-state index contributed by atoms with van der Waals surface area (Å²) in [7, 11) is 0. The van der Waals surface area contributed by atoms with Crippen molar-refractivity contribution >= 4 is 5.97 Å². The summed E-state index contributed by atoms with van der Waals surface area (Å²) < 4.78 is 1.82. The third kappa shape index (κ3) is 2.35. The average Bonchev–Trinajstić information content (AvgIpc) is 2.89. The maximum absolute atomic E-state index is 11.1. The fraction of sp³-hybridized carbons (Fsp3) is 0.846. The Kier molecular flexibility index (Phi) is 3.03. The number of carboxylic acid groups (broad SMARTS) is 1. The van der Waals surface area contributed by atoms with Gasteiger partial charge in [0.25, 0.3) is 0 Å². The zero-order chi connectivity index (χ0) is 13.5. The molecule has 2 aliphatic rings. The van der Waals surface area contributed by atoms with Crippen molar-refractivity contribution in [2.24, 2.45) is 5.92 Å². The SMILES string of the molecule is CC1(c2nnnn2C(CC(=O)O)C2CC2)CCCC1. The van der Waals surface area contributed by atoms with Gasteiger partial charge < -0.3 is 5.11 Å². The zero-order valence-corrected chi connectivity index (χ0v) is 11.2. The van der Waals surface area contributed by atoms with E-state index in [-0.39, 0.29) is 17.9 Å². The van der Waals surface area contributed by atoms with Crippen molar-refractivity contribution < 1.29 is 9.90 Å². The van der Waals surface area contributed by atoms with E-state index >= 15 is 0 Å². The summed E-state index contributed by atoms with van der Waals surface area (Å²) in [5, 5.41) is 21.2. The number of hydrogen-bond acceptors (Lipinski definition) is 4. The average molecular weight is 264 g/mol. The molecule has 2 saturated carbocycles. The first-order valence-electron chi connectivity index (χ1n) is 7.10. The van der Waals surface area contributed by atoms with Gasteiger partial charge in [0, 0.05) is 5.41 Å². The van der Waals surface area contributed by atoms with Crippen molar-refractivity contribution in [1.29, 1.82) is 0 Å². The van der Waals surface area contributed by atoms with Crippen LogP contribution in [-0.2, 0) is 10.2 Å². The predicted octanol–water partition coefficient (Wildman–Crippen LogP) is 1.93. The number of aromatic nitrogens is 4. The van der Waals surface area contributed by atoms with Gasteiger partial charge in [-0.05, 0) is 42.0 Å². The van der Waals surface area contributed by atoms with Crippen LogP contribution in [0, 0.1) is 5.92 Å². The van der Waals surface area contributed by atoms with Crippen LogP contribution in [0.4, 0.5) is 0 Å². The molecule has 0 aromatic carbocycles. The van der Waals surface area contributed by atoms with Gasteiger partial charge in [0.05, 0.1) is 12.5 Å². The third-order valence-electron chi connectivity index (χ3n) is 4.60. The van der Waals surface area contributed by atoms with Crippen molar-refractivity contribution in [2.45, 2.75) is 63.3 Å². The Balaban J connectivity index is 1.91. The number of rotatable bonds is 5. The lowest BCUT2D eigenvalue weighted by molar-refractivity contribution is -0.138. The van der Waals surface area contributed by atoms with Crippen LogP contribution in [0.3, 0.4) is 0 Å². The molecule has 0 spiro atoms. The monoisotopic (exact) mass is 264 g/mol. The van der Waals surface area contributed by atoms with Gasteiger partial charge in [-0.2, -0.15) is 0 Å². The molecule has 0 bridgehead atoms. The molecule has 0 saturated heterocycles. The Bertz CT molecular complexity index is 475. The number of hydrogen-bond donors (Lipinski definition) is 1. The first kappa shape index (κ1) is 12.6. The fourth-order valence-corrected chi connectivity index (χ4v) is 3.31. The normalized spacial score (nSPS) is 23.4. The lowest BCUT2D eigenvalue weighted by Crippen LogP contribution is -2.28. The van der Waals surface area contributed by atoms with Gasteiger partial charge in [-0.1, -0.05) is 19.8 Å². The highest BCUT2D eigenvalue weighted by Gasteiger charge is 2.41. The molecule has 1 aromatic heterocycles. The first-order chi connectivity index (χ1) is 9.10. The van der Waals surface area contributed by atoms with E-state index in [1.54, 1.807) is 0 Å². The number of aliphatic carboxylic acids is 1. The smallest absolute Gasteiger partial charge is 0.305 e. The Morgan fingerprint density at radius 2 is 2.16 bits per heavy atom. The summed E-state index contributed by atoms with van der Waals surface area (Å²) in [4.78, 5) is 11.1. The number of nitrogens with zero attached hydrogens (tertiary/aromatic N) is 4. The Hall–Kier alpha value is -1.46. The summed E-state index contributed by atoms with van der Waals surface area (Å²) >= 11 is 0. The first-order valence-corrected chi connectivity index (χ1v) is 7.10. The van der Waals surface area contributed by atoms with Crippen LogP contribution in [0.5, 0.6) is 0 Å². The molecule has 2 fully saturated rings. The molecule has 19 heavy (non-hydrogen) atoms. The van der Waals surface area contributed by atoms with Gasteiger partial charge >= 0.3 is 5.97 Å². The van der Waals surface area contributed by atoms with Crippen molar-refractivity contribution in [1.82, 2.24) is 20.2 Å². The summed E-state index contributed by atoms with van der Waals surface area (Å²) in [5.41, 5.74) is 0.0230. The number of carbonyl (C=O) groups is 1. The number of carboxylic acids is 1. The number of tetrazole rings is 1. The second kappa shape index (κ2) is 4.58. The van der Waals surface area contributed by atoms with Crippen LogP contribution in [-0.4, -0.2) is 31.3 Å². The van der Waals surface area contributed by atoms with Gasteiger partial charge in [-0.3, -0.25) is 4.79 Å². The highest BCUT2D eigenvalue weighted by molar-refractivity contribution is 5.67. The van der Waals surface area contributed by atoms with Crippen LogP contribution < -0.4 is 0 Å². The Morgan fingerprint density at radius 3 is 2.74 bits per heavy atom. The van der Waals surface area contributed by atoms with Crippen LogP contribution in [0.25, 0.3) is 0 Å². The van der Waals surface area contributed by atoms with Crippen LogP contribution in [0.1, 0.15) is 63.7 Å². The van der Waals surface area contributed by atoms with Crippen LogP contribution >= 0.6 is 0 Å². The second-order valence-electron chi connectivity index (χ2n) is 6.22. The topological polar surface area (TPSA) is 80.9 Å². The minimum absolute atomic E-state index is 0.0230. The lowest BCUT2D eigenvalue weighted by atomic mass is 9.87. The standard InChI is InChI=1S/C13H20N4O2/c1-13(6-2-3-7-13)12-14-15-16-17(12)10(8-11(18)19)9-4-5-9/h9-10H,2-8H2,1H3,(H,18,19). The highest BCUT2D eigenvalue weighted by Crippen LogP contribution is 2.45. The summed E-state index contributed by atoms with van der Waals surface area (Å²) in [5.74, 6) is 0.557. The molecule has 2 aliphatic carbocycles. The Morgan fingerprint density at radius 1 is 1.47 bits per heavy atom. The molecule has 1 atom stereocenters. The third-order valence-corrected chi connectivity index (χ3v) is 4.60. The molecule has 6 heteroatoms. The summed E-state index contributed by atoms with van der Waals surface area (Å²) in [6.45, 7) is 2.20. The molecular formula is C13H20N4O2. The molecular weight excluding hydrogens is 244 g/mol. The van der Waals surface area contributed by atoms with E-state index in [0.29, 0.717) is 5.92 Å². The van der Waals surface area contributed by atoms with Crippen LogP contribution in [0.2, 0.25) is 0 Å². The zero-order valence-electron chi connectivity index (χ0n) is 11.2. The minimum Gasteiger partial charge on any atom is -0.481 e. The predicted molar refractivity (Wildman–Crippen MR) is 67.7 cm³/mol. The molecule has 1 heterocycles. The van der Waals surface area contributed by atoms with Gasteiger partial charge in [0.15, 0.2) is 5.82 Å². The molecule has 0 radical (unpaired) electrons. The molecule has 1 N–H and O–H groups in total. The molecule has 6 nitrogen and oxygen atoms in total. The van der Waals surface area contributed by atoms with Gasteiger partial charge in [-0.15, -0.1) is 5.10 Å². The van der Waals surface area contributed by atoms with E-state index in [1.165, 1.54) is 12.8 Å². The molecule has 104 valence electrons. The summed E-state index contributed by atoms with van der Waals surface area (Å²) in [6.07, 6.45) is 6.91. The van der Waals surface area contributed by atoms with Gasteiger partial charge in [-0.25, -0.2) is 4.68 Å². The van der Waals surface area contributed by atoms with E-state index in [0.717, 1.165) is 31.5 Å². The van der Waals surface area contributed by atoms with Crippen molar-refractivity contribution in [3.63, 3.8) is 0 Å². The van der Waals surface area contributed by atoms with Gasteiger partial charge in [0.2, 0.25) is 0 Å². The van der Waals surface area contributed by atoms with Crippen LogP contribution in [0.15, 0.2) is 0 Å². The maximum Gasteiger partial charge on any atom is 0.305 e. The second-order valence-corrected chi connectivity index (χ2v) is 6.22. The van der Waals surface area contributed by atoms with Crippen molar-refractivity contribution in [2.75, 3.05) is 0 Å². The summed E-state index contributed by atoms with van der Waals surface area (Å²) in [6, 6.07) is -0.0695. The minimum atomic E-state index is -0.769. The molecule has 3 rings (SSSR count). The highest BCUT2D eigenvalue weighted by atomic mass is 16.4. The molecule has 1 unspecified atom stereocenters. The molecule has 0 aliphatic heterocycles. The molecule has 1 aromatic rings. The van der Waals surface area contributed by atoms with Crippen molar-refractivity contribution in [3.8, 4) is 0 Å². The van der Waals surface area contributed by atoms with E-state index in [4.69, 9.17) is 5.11 Å². The quantitative estimate of drug-likeness (QED) is 0.878. The van der Waals surface area contributed by atoms with E-state index < -0.39 is 5.97 Å². The van der Waals surface area contributed by atoms with E-state index in [1.807, 2.05) is 4.68 Å². The van der Waals surface area contributed by atoms with Crippen molar-refractivity contribution in [3.05, 3.63) is 5.82 Å². The largest absolute Gasteiger partial charge is 0.481 e. The Labute approximate surface area is 112 Å². The van der Waals surface area contributed by atoms with Gasteiger partial charge in [0.1, 0.15) is 0 Å². The van der Waals surface area contributed by atoms with E-state index in [2.05, 4.69) is 22.4 Å². The maximum atomic E-state index is 11.1. The lowest BCUT2D eigenvalue weighted by Gasteiger charge is -2.25. The van der Waals surface area contributed by atoms with E-state index in [9.17, 15) is 4.79 Å².